The van der Waals surface area contributed by atoms with E-state index < -0.39 is 18.6 Å². The molecular formula is C42H42F2N4O9S. The molecule has 0 aliphatic carbocycles. The summed E-state index contributed by atoms with van der Waals surface area (Å²) >= 11 is 1.57. The van der Waals surface area contributed by atoms with E-state index in [0.717, 1.165) is 16.3 Å². The fraction of sp³-hybridized carbons (Fsp3) is 0.238. The molecule has 0 radical (unpaired) electrons. The molecule has 0 bridgehead atoms. The van der Waals surface area contributed by atoms with Gasteiger partial charge in [-0.2, -0.15) is 8.78 Å². The van der Waals surface area contributed by atoms with Crippen LogP contribution in [0.2, 0.25) is 0 Å². The average molecular weight is 817 g/mol. The summed E-state index contributed by atoms with van der Waals surface area (Å²) in [5.74, 6) is -0.0652. The zero-order chi connectivity index (χ0) is 41.6. The summed E-state index contributed by atoms with van der Waals surface area (Å²) in [5, 5.41) is 18.5. The number of alkyl halides is 2. The van der Waals surface area contributed by atoms with Gasteiger partial charge in [0, 0.05) is 46.0 Å². The number of rotatable bonds is 18. The van der Waals surface area contributed by atoms with Crippen molar-refractivity contribution in [1.82, 2.24) is 9.97 Å². The summed E-state index contributed by atoms with van der Waals surface area (Å²) in [6.45, 7) is 6.23. The van der Waals surface area contributed by atoms with E-state index in [2.05, 4.69) is 19.6 Å². The van der Waals surface area contributed by atoms with Crippen LogP contribution in [0.5, 0.6) is 23.0 Å². The molecule has 13 nitrogen and oxygen atoms in total. The maximum absolute atomic E-state index is 12.7. The third-order valence-corrected chi connectivity index (χ3v) is 8.85. The first-order valence-corrected chi connectivity index (χ1v) is 18.9. The van der Waals surface area contributed by atoms with E-state index in [-0.39, 0.29) is 41.9 Å². The minimum Gasteiger partial charge on any atom is -0.490 e. The first-order chi connectivity index (χ1) is 27.9. The van der Waals surface area contributed by atoms with Crippen molar-refractivity contribution < 1.29 is 51.9 Å². The van der Waals surface area contributed by atoms with Crippen molar-refractivity contribution >= 4 is 46.0 Å². The van der Waals surface area contributed by atoms with Crippen LogP contribution in [0.1, 0.15) is 59.0 Å². The van der Waals surface area contributed by atoms with E-state index in [1.54, 1.807) is 65.1 Å². The number of ether oxygens (including phenoxy) is 4. The molecule has 0 saturated heterocycles. The number of hydrogen-bond acceptors (Lipinski definition) is 12. The molecule has 0 aliphatic heterocycles. The zero-order valence-corrected chi connectivity index (χ0v) is 32.9. The van der Waals surface area contributed by atoms with Crippen LogP contribution in [0.25, 0.3) is 0 Å². The Hall–Kier alpha value is -6.68. The van der Waals surface area contributed by atoms with Crippen LogP contribution < -0.4 is 28.7 Å². The van der Waals surface area contributed by atoms with Crippen molar-refractivity contribution in [3.05, 3.63) is 131 Å². The van der Waals surface area contributed by atoms with Crippen LogP contribution in [-0.2, 0) is 13.1 Å². The van der Waals surface area contributed by atoms with Crippen molar-refractivity contribution in [2.45, 2.75) is 53.5 Å². The molecule has 2 N–H and O–H groups in total. The van der Waals surface area contributed by atoms with Gasteiger partial charge in [-0.05, 0) is 94.4 Å². The predicted molar refractivity (Wildman–Crippen MR) is 215 cm³/mol. The number of aromatic nitrogens is 2. The maximum Gasteiger partial charge on any atom is 0.387 e. The first kappa shape index (κ1) is 42.5. The average Bonchev–Trinajstić information content (AvgIpc) is 3.93. The third-order valence-electron chi connectivity index (χ3n) is 8.08. The quantitative estimate of drug-likeness (QED) is 0.0845. The molecule has 16 heteroatoms. The maximum atomic E-state index is 12.7. The van der Waals surface area contributed by atoms with Crippen LogP contribution in [0.3, 0.4) is 0 Å². The molecule has 2 aromatic heterocycles. The highest BCUT2D eigenvalue weighted by molar-refractivity contribution is 7.09. The zero-order valence-electron chi connectivity index (χ0n) is 32.1. The number of aromatic carboxylic acids is 2. The number of nitrogens with zero attached hydrogens (tertiary/aromatic N) is 4. The molecule has 2 heterocycles. The summed E-state index contributed by atoms with van der Waals surface area (Å²) in [5.41, 5.74) is 5.08. The lowest BCUT2D eigenvalue weighted by Gasteiger charge is -2.26. The highest BCUT2D eigenvalue weighted by atomic mass is 32.1. The molecule has 0 amide bonds. The second-order valence-electron chi connectivity index (χ2n) is 12.5. The third kappa shape index (κ3) is 11.7. The minimum absolute atomic E-state index is 0.0388. The van der Waals surface area contributed by atoms with Gasteiger partial charge in [0.2, 0.25) is 0 Å². The van der Waals surface area contributed by atoms with Crippen molar-refractivity contribution in [2.75, 3.05) is 23.0 Å². The molecule has 58 heavy (non-hydrogen) atoms. The lowest BCUT2D eigenvalue weighted by Crippen LogP contribution is -2.17. The van der Waals surface area contributed by atoms with Gasteiger partial charge in [-0.1, -0.05) is 6.07 Å². The van der Waals surface area contributed by atoms with Crippen LogP contribution >= 0.6 is 11.3 Å². The van der Waals surface area contributed by atoms with E-state index >= 15 is 0 Å². The Balaban J connectivity index is 0.000000221. The molecular weight excluding hydrogens is 775 g/mol. The Morgan fingerprint density at radius 3 is 1.81 bits per heavy atom. The van der Waals surface area contributed by atoms with Gasteiger partial charge in [0.05, 0.1) is 55.2 Å². The standard InChI is InChI=1S/C22H24N2O4S.C20H18F2N2O5/c1-4-27-21-11-18(9-10-20(21)28-15(2)3)24(13-19-12-23-14-29-19)17-7-5-16(6-8-17)22(25)26;1-2-27-18-9-15(6-7-17(18)29-20(21)22)24(11-16-10-23-12-28-16)14-5-3-4-13(8-14)19(25)26/h5-12,14-15H,4,13H2,1-3H3,(H,25,26);3-10,12,20H,2,11H2,1H3,(H,25,26). The molecule has 0 unspecified atom stereocenters. The van der Waals surface area contributed by atoms with Gasteiger partial charge in [0.15, 0.2) is 29.4 Å². The summed E-state index contributed by atoms with van der Waals surface area (Å²) in [7, 11) is 0. The van der Waals surface area contributed by atoms with E-state index in [9.17, 15) is 28.6 Å². The van der Waals surface area contributed by atoms with Crippen molar-refractivity contribution in [1.29, 1.82) is 0 Å². The molecule has 0 fully saturated rings. The Morgan fingerprint density at radius 1 is 0.707 bits per heavy atom. The van der Waals surface area contributed by atoms with Crippen molar-refractivity contribution in [2.24, 2.45) is 0 Å². The minimum atomic E-state index is -2.99. The fourth-order valence-electron chi connectivity index (χ4n) is 5.62. The van der Waals surface area contributed by atoms with Crippen LogP contribution in [0.4, 0.5) is 31.5 Å². The van der Waals surface area contributed by atoms with E-state index in [1.165, 1.54) is 30.8 Å². The highest BCUT2D eigenvalue weighted by Crippen LogP contribution is 2.38. The SMILES string of the molecule is CCOc1cc(N(Cc2cnco2)c2cccc(C(=O)O)c2)ccc1OC(F)F.CCOc1cc(N(Cc2cncs2)c2ccc(C(=O)O)cc2)ccc1OC(C)C. The number of carboxylic acids is 2. The van der Waals surface area contributed by atoms with Gasteiger partial charge in [-0.3, -0.25) is 4.98 Å². The Bertz CT molecular complexity index is 2220. The van der Waals surface area contributed by atoms with Gasteiger partial charge in [-0.25, -0.2) is 14.6 Å². The van der Waals surface area contributed by atoms with Gasteiger partial charge >= 0.3 is 18.6 Å². The lowest BCUT2D eigenvalue weighted by atomic mass is 10.1. The number of carboxylic acid groups (broad SMARTS) is 2. The highest BCUT2D eigenvalue weighted by Gasteiger charge is 2.19. The van der Waals surface area contributed by atoms with Crippen molar-refractivity contribution in [3.63, 3.8) is 0 Å². The number of halogens is 2. The lowest BCUT2D eigenvalue weighted by molar-refractivity contribution is -0.0514. The van der Waals surface area contributed by atoms with Crippen LogP contribution in [-0.4, -0.2) is 58.0 Å². The number of benzene rings is 4. The second-order valence-corrected chi connectivity index (χ2v) is 13.5. The summed E-state index contributed by atoms with van der Waals surface area (Å²) in [6.07, 6.45) is 4.69. The molecule has 0 aliphatic rings. The van der Waals surface area contributed by atoms with Crippen LogP contribution in [0.15, 0.2) is 114 Å². The Morgan fingerprint density at radius 2 is 1.29 bits per heavy atom. The topological polar surface area (TPSA) is 157 Å². The molecule has 0 saturated carbocycles. The Kier molecular flexibility index (Phi) is 15.0. The van der Waals surface area contributed by atoms with Gasteiger partial charge in [0.1, 0.15) is 5.76 Å². The molecule has 0 spiro atoms. The monoisotopic (exact) mass is 816 g/mol. The normalized spacial score (nSPS) is 10.8. The molecule has 6 rings (SSSR count). The smallest absolute Gasteiger partial charge is 0.387 e. The van der Waals surface area contributed by atoms with Crippen molar-refractivity contribution in [3.8, 4) is 23.0 Å². The summed E-state index contributed by atoms with van der Waals surface area (Å²) in [6, 6.07) is 23.5. The molecule has 6 aromatic rings. The fourth-order valence-corrected chi connectivity index (χ4v) is 6.20. The van der Waals surface area contributed by atoms with Gasteiger partial charge < -0.3 is 43.4 Å². The van der Waals surface area contributed by atoms with E-state index in [4.69, 9.17) is 18.6 Å². The second kappa shape index (κ2) is 20.5. The largest absolute Gasteiger partial charge is 0.490 e. The number of carbonyl (C=O) groups is 2. The first-order valence-electron chi connectivity index (χ1n) is 18.1. The summed E-state index contributed by atoms with van der Waals surface area (Å²) < 4.78 is 52.3. The van der Waals surface area contributed by atoms with E-state index in [1.807, 2.05) is 57.3 Å². The van der Waals surface area contributed by atoms with Gasteiger partial charge in [-0.15, -0.1) is 11.3 Å². The number of oxazole rings is 1. The van der Waals surface area contributed by atoms with E-state index in [0.29, 0.717) is 41.8 Å². The van der Waals surface area contributed by atoms with Gasteiger partial charge in [0.25, 0.3) is 0 Å². The molecule has 0 atom stereocenters. The Labute approximate surface area is 337 Å². The molecule has 4 aromatic carbocycles. The molecule has 304 valence electrons. The number of hydrogen-bond donors (Lipinski definition) is 2. The number of thiazole rings is 1. The predicted octanol–water partition coefficient (Wildman–Crippen LogP) is 10.1. The summed E-state index contributed by atoms with van der Waals surface area (Å²) in [4.78, 5) is 35.6. The number of anilines is 4. The van der Waals surface area contributed by atoms with Crippen LogP contribution in [0, 0.1) is 0 Å².